The van der Waals surface area contributed by atoms with E-state index in [1.54, 1.807) is 7.05 Å². The van der Waals surface area contributed by atoms with Crippen LogP contribution < -0.4 is 5.32 Å². The van der Waals surface area contributed by atoms with Crippen LogP contribution in [0, 0.1) is 10.1 Å². The summed E-state index contributed by atoms with van der Waals surface area (Å²) in [7, 11) is -0.526. The minimum absolute atomic E-state index is 0. The Morgan fingerprint density at radius 3 is 2.58 bits per heavy atom. The third kappa shape index (κ3) is 4.43. The van der Waals surface area contributed by atoms with Crippen LogP contribution in [0.5, 0.6) is 0 Å². The maximum atomic E-state index is 12.1. The Morgan fingerprint density at radius 1 is 1.42 bits per heavy atom. The van der Waals surface area contributed by atoms with Gasteiger partial charge in [0.25, 0.3) is 5.69 Å². The van der Waals surface area contributed by atoms with Crippen LogP contribution >= 0.6 is 12.4 Å². The van der Waals surface area contributed by atoms with E-state index >= 15 is 0 Å². The molecule has 108 valence electrons. The highest BCUT2D eigenvalue weighted by Gasteiger charge is 2.22. The monoisotopic (exact) mass is 309 g/mol. The van der Waals surface area contributed by atoms with E-state index in [9.17, 15) is 18.5 Å². The number of nitro groups is 1. The molecule has 0 aromatic heterocycles. The molecular formula is C10H16ClN3O4S. The molecule has 0 unspecified atom stereocenters. The zero-order valence-corrected chi connectivity index (χ0v) is 12.2. The van der Waals surface area contributed by atoms with Crippen molar-refractivity contribution in [2.24, 2.45) is 0 Å². The molecule has 0 aliphatic rings. The molecule has 7 nitrogen and oxygen atoms in total. The predicted molar refractivity (Wildman–Crippen MR) is 74.1 cm³/mol. The fraction of sp³-hybridized carbons (Fsp3) is 0.400. The molecule has 1 aromatic carbocycles. The lowest BCUT2D eigenvalue weighted by Crippen LogP contribution is -2.32. The van der Waals surface area contributed by atoms with Crippen molar-refractivity contribution in [2.45, 2.75) is 4.90 Å². The molecule has 0 saturated heterocycles. The summed E-state index contributed by atoms with van der Waals surface area (Å²) >= 11 is 0. The summed E-state index contributed by atoms with van der Waals surface area (Å²) in [5.74, 6) is 0. The molecule has 0 radical (unpaired) electrons. The van der Waals surface area contributed by atoms with Gasteiger partial charge in [-0.25, -0.2) is 8.42 Å². The first kappa shape index (κ1) is 17.8. The van der Waals surface area contributed by atoms with Crippen molar-refractivity contribution in [2.75, 3.05) is 27.2 Å². The van der Waals surface area contributed by atoms with Gasteiger partial charge in [0.1, 0.15) is 0 Å². The molecule has 0 spiro atoms. The third-order valence-electron chi connectivity index (χ3n) is 2.41. The lowest BCUT2D eigenvalue weighted by Gasteiger charge is -2.16. The quantitative estimate of drug-likeness (QED) is 0.621. The van der Waals surface area contributed by atoms with Crippen molar-refractivity contribution in [3.63, 3.8) is 0 Å². The number of benzene rings is 1. The molecule has 1 aromatic rings. The number of nitrogens with zero attached hydrogens (tertiary/aromatic N) is 2. The van der Waals surface area contributed by atoms with E-state index in [1.807, 2.05) is 0 Å². The highest BCUT2D eigenvalue weighted by molar-refractivity contribution is 7.89. The van der Waals surface area contributed by atoms with E-state index in [1.165, 1.54) is 25.2 Å². The van der Waals surface area contributed by atoms with Gasteiger partial charge in [-0.05, 0) is 13.1 Å². The molecular weight excluding hydrogens is 294 g/mol. The Bertz CT molecular complexity index is 535. The van der Waals surface area contributed by atoms with Crippen molar-refractivity contribution in [1.29, 1.82) is 0 Å². The average Bonchev–Trinajstić information content (AvgIpc) is 2.35. The molecule has 0 atom stereocenters. The molecule has 9 heteroatoms. The summed E-state index contributed by atoms with van der Waals surface area (Å²) in [4.78, 5) is 9.92. The Balaban J connectivity index is 0.00000324. The van der Waals surface area contributed by atoms with Crippen LogP contribution in [-0.4, -0.2) is 44.8 Å². The molecule has 0 amide bonds. The number of likely N-dealkylation sites (N-methyl/N-ethyl adjacent to an activating group) is 2. The van der Waals surface area contributed by atoms with Gasteiger partial charge in [0.05, 0.1) is 9.82 Å². The minimum atomic E-state index is -3.68. The molecule has 1 rings (SSSR count). The maximum absolute atomic E-state index is 12.1. The maximum Gasteiger partial charge on any atom is 0.270 e. The van der Waals surface area contributed by atoms with Gasteiger partial charge in [0.15, 0.2) is 0 Å². The number of hydrogen-bond donors (Lipinski definition) is 1. The molecule has 0 aliphatic heterocycles. The van der Waals surface area contributed by atoms with E-state index in [0.717, 1.165) is 10.4 Å². The fourth-order valence-corrected chi connectivity index (χ4v) is 2.54. The highest BCUT2D eigenvalue weighted by atomic mass is 35.5. The lowest BCUT2D eigenvalue weighted by molar-refractivity contribution is -0.385. The van der Waals surface area contributed by atoms with E-state index in [-0.39, 0.29) is 23.0 Å². The topological polar surface area (TPSA) is 92.6 Å². The van der Waals surface area contributed by atoms with E-state index < -0.39 is 14.9 Å². The van der Waals surface area contributed by atoms with Crippen LogP contribution in [0.15, 0.2) is 29.2 Å². The second-order valence-electron chi connectivity index (χ2n) is 3.68. The second kappa shape index (κ2) is 7.39. The summed E-state index contributed by atoms with van der Waals surface area (Å²) in [6, 6.07) is 5.02. The van der Waals surface area contributed by atoms with Gasteiger partial charge >= 0.3 is 0 Å². The molecule has 0 fully saturated rings. The fourth-order valence-electron chi connectivity index (χ4n) is 1.33. The second-order valence-corrected chi connectivity index (χ2v) is 5.73. The Kier molecular flexibility index (Phi) is 6.91. The first-order valence-corrected chi connectivity index (χ1v) is 6.69. The van der Waals surface area contributed by atoms with Gasteiger partial charge in [-0.1, -0.05) is 6.07 Å². The summed E-state index contributed by atoms with van der Waals surface area (Å²) in [5, 5.41) is 13.4. The standard InChI is InChI=1S/C10H15N3O4S.ClH/c1-11-6-7-12(2)18(16,17)10-5-3-4-9(8-10)13(14)15;/h3-5,8,11H,6-7H2,1-2H3;1H. The van der Waals surface area contributed by atoms with Crippen molar-refractivity contribution in [1.82, 2.24) is 9.62 Å². The Morgan fingerprint density at radius 2 is 2.05 bits per heavy atom. The number of nitro benzene ring substituents is 1. The zero-order chi connectivity index (χ0) is 13.8. The largest absolute Gasteiger partial charge is 0.318 e. The van der Waals surface area contributed by atoms with Crippen LogP contribution in [0.1, 0.15) is 0 Å². The molecule has 1 N–H and O–H groups in total. The van der Waals surface area contributed by atoms with Crippen molar-refractivity contribution in [3.05, 3.63) is 34.4 Å². The molecule has 0 heterocycles. The summed E-state index contributed by atoms with van der Waals surface area (Å²) in [5.41, 5.74) is -0.238. The van der Waals surface area contributed by atoms with Crippen LogP contribution in [0.2, 0.25) is 0 Å². The zero-order valence-electron chi connectivity index (χ0n) is 10.6. The van der Waals surface area contributed by atoms with Gasteiger partial charge in [-0.15, -0.1) is 12.4 Å². The smallest absolute Gasteiger partial charge is 0.270 e. The van der Waals surface area contributed by atoms with Crippen LogP contribution in [0.3, 0.4) is 0 Å². The Hall–Kier alpha value is -1.22. The first-order chi connectivity index (χ1) is 8.39. The van der Waals surface area contributed by atoms with Gasteiger partial charge in [0.2, 0.25) is 10.0 Å². The van der Waals surface area contributed by atoms with Crippen LogP contribution in [0.25, 0.3) is 0 Å². The van der Waals surface area contributed by atoms with Crippen molar-refractivity contribution < 1.29 is 13.3 Å². The summed E-state index contributed by atoms with van der Waals surface area (Å²) in [6.07, 6.45) is 0. The average molecular weight is 310 g/mol. The number of nitrogens with one attached hydrogen (secondary N) is 1. The minimum Gasteiger partial charge on any atom is -0.318 e. The number of rotatable bonds is 6. The third-order valence-corrected chi connectivity index (χ3v) is 4.27. The van der Waals surface area contributed by atoms with E-state index in [0.29, 0.717) is 13.1 Å². The van der Waals surface area contributed by atoms with Gasteiger partial charge in [-0.2, -0.15) is 4.31 Å². The van der Waals surface area contributed by atoms with Crippen LogP contribution in [0.4, 0.5) is 5.69 Å². The molecule has 0 aliphatic carbocycles. The first-order valence-electron chi connectivity index (χ1n) is 5.25. The van der Waals surface area contributed by atoms with Crippen LogP contribution in [-0.2, 0) is 10.0 Å². The summed E-state index contributed by atoms with van der Waals surface area (Å²) in [6.45, 7) is 0.798. The SMILES string of the molecule is CNCCN(C)S(=O)(=O)c1cccc([N+](=O)[O-])c1.Cl. The molecule has 19 heavy (non-hydrogen) atoms. The van der Waals surface area contributed by atoms with E-state index in [4.69, 9.17) is 0 Å². The number of hydrogen-bond acceptors (Lipinski definition) is 5. The predicted octanol–water partition coefficient (Wildman–Crippen LogP) is 0.857. The number of sulfonamides is 1. The van der Waals surface area contributed by atoms with Crippen molar-refractivity contribution >= 4 is 28.1 Å². The Labute approximate surface area is 118 Å². The van der Waals surface area contributed by atoms with Gasteiger partial charge in [0, 0.05) is 32.3 Å². The summed E-state index contributed by atoms with van der Waals surface area (Å²) < 4.78 is 25.3. The van der Waals surface area contributed by atoms with Gasteiger partial charge < -0.3 is 5.32 Å². The normalized spacial score (nSPS) is 11.1. The number of non-ortho nitro benzene ring substituents is 1. The van der Waals surface area contributed by atoms with Gasteiger partial charge in [-0.3, -0.25) is 10.1 Å². The molecule has 0 saturated carbocycles. The highest BCUT2D eigenvalue weighted by Crippen LogP contribution is 2.19. The lowest BCUT2D eigenvalue weighted by atomic mass is 10.3. The van der Waals surface area contributed by atoms with E-state index in [2.05, 4.69) is 5.32 Å². The molecule has 0 bridgehead atoms. The number of halogens is 1. The van der Waals surface area contributed by atoms with Crippen molar-refractivity contribution in [3.8, 4) is 0 Å².